The molecule has 0 atom stereocenters. The Labute approximate surface area is 564 Å². The number of hydrogen-bond donors (Lipinski definition) is 0. The Balaban J connectivity index is 0.999. The normalized spacial score (nSPS) is 12.7. The van der Waals surface area contributed by atoms with Gasteiger partial charge in [0, 0.05) is 64.2 Å². The number of hydrogen-bond acceptors (Lipinski definition) is 2. The van der Waals surface area contributed by atoms with Crippen LogP contribution in [0, 0.1) is 0 Å². The van der Waals surface area contributed by atoms with Gasteiger partial charge in [-0.2, -0.15) is 0 Å². The quantitative estimate of drug-likeness (QED) is 0.0627. The van der Waals surface area contributed by atoms with Gasteiger partial charge >= 0.3 is 0 Å². The minimum atomic E-state index is -0.0749. The van der Waals surface area contributed by atoms with Crippen molar-refractivity contribution in [2.75, 3.05) is 9.80 Å². The van der Waals surface area contributed by atoms with Gasteiger partial charge in [-0.1, -0.05) is 305 Å². The van der Waals surface area contributed by atoms with Crippen LogP contribution in [0.4, 0.5) is 22.7 Å². The van der Waals surface area contributed by atoms with Gasteiger partial charge in [0.15, 0.2) is 0 Å². The summed E-state index contributed by atoms with van der Waals surface area (Å²) in [6, 6.07) is 104. The minimum Gasteiger partial charge on any atom is -0.338 e. The number of benzene rings is 12. The lowest BCUT2D eigenvalue weighted by atomic mass is 9.33. The summed E-state index contributed by atoms with van der Waals surface area (Å²) in [4.78, 5) is 5.52. The number of unbranched alkanes of at least 4 members (excludes halogenated alkanes) is 5. The fourth-order valence-corrected chi connectivity index (χ4v) is 15.5. The Morgan fingerprint density at radius 2 is 0.747 bits per heavy atom. The van der Waals surface area contributed by atoms with Crippen LogP contribution in [0.5, 0.6) is 0 Å². The van der Waals surface area contributed by atoms with E-state index in [9.17, 15) is 0 Å². The third kappa shape index (κ3) is 11.9. The monoisotopic (exact) mass is 1230 g/mol. The average Bonchev–Trinajstić information content (AvgIpc) is 1.20. The second kappa shape index (κ2) is 25.8. The fourth-order valence-electron chi connectivity index (χ4n) is 15.5. The van der Waals surface area contributed by atoms with E-state index < -0.39 is 0 Å². The van der Waals surface area contributed by atoms with Crippen LogP contribution in [0.25, 0.3) is 77.4 Å². The molecule has 0 aliphatic carbocycles. The van der Waals surface area contributed by atoms with Crippen LogP contribution >= 0.6 is 0 Å². The zero-order valence-electron chi connectivity index (χ0n) is 56.5. The predicted molar refractivity (Wildman–Crippen MR) is 409 cm³/mol. The molecule has 468 valence electrons. The van der Waals surface area contributed by atoms with Crippen LogP contribution in [0.3, 0.4) is 0 Å². The summed E-state index contributed by atoms with van der Waals surface area (Å²) in [6.45, 7) is 18.3. The van der Waals surface area contributed by atoms with E-state index in [0.717, 1.165) is 12.8 Å². The zero-order valence-corrected chi connectivity index (χ0v) is 56.5. The fraction of sp³-hybridized carbons (Fsp3) is 0.209. The Hall–Kier alpha value is -9.90. The van der Waals surface area contributed by atoms with Gasteiger partial charge in [-0.05, 0) is 178 Å². The van der Waals surface area contributed by atoms with Gasteiger partial charge < -0.3 is 14.4 Å². The molecule has 4 heteroatoms. The highest BCUT2D eigenvalue weighted by Crippen LogP contribution is 2.46. The van der Waals surface area contributed by atoms with E-state index >= 15 is 0 Å². The van der Waals surface area contributed by atoms with E-state index in [-0.39, 0.29) is 17.5 Å². The minimum absolute atomic E-state index is 0.00471. The Kier molecular flexibility index (Phi) is 16.6. The summed E-state index contributed by atoms with van der Waals surface area (Å²) >= 11 is 0. The van der Waals surface area contributed by atoms with E-state index in [1.54, 1.807) is 0 Å². The second-order valence-electron chi connectivity index (χ2n) is 28.9. The second-order valence-corrected chi connectivity index (χ2v) is 28.9. The van der Waals surface area contributed by atoms with Crippen LogP contribution in [0.2, 0.25) is 0 Å². The first-order valence-electron chi connectivity index (χ1n) is 34.9. The summed E-state index contributed by atoms with van der Waals surface area (Å²) in [6.07, 6.45) is 8.44. The topological polar surface area (TPSA) is 11.4 Å². The van der Waals surface area contributed by atoms with Gasteiger partial charge in [0.25, 0.3) is 6.71 Å². The van der Waals surface area contributed by atoms with E-state index in [1.165, 1.54) is 182 Å². The van der Waals surface area contributed by atoms with Crippen molar-refractivity contribution in [1.82, 2.24) is 4.57 Å². The van der Waals surface area contributed by atoms with Crippen LogP contribution in [-0.4, -0.2) is 11.3 Å². The number of aromatic nitrogens is 1. The van der Waals surface area contributed by atoms with Crippen molar-refractivity contribution in [3.8, 4) is 55.6 Å². The molecule has 0 radical (unpaired) electrons. The molecular formula is C91H86BN3. The molecule has 0 fully saturated rings. The lowest BCUT2D eigenvalue weighted by Crippen LogP contribution is -2.62. The van der Waals surface area contributed by atoms with Crippen molar-refractivity contribution in [1.29, 1.82) is 0 Å². The van der Waals surface area contributed by atoms with Gasteiger partial charge in [-0.25, -0.2) is 0 Å². The highest BCUT2D eigenvalue weighted by molar-refractivity contribution is 7.00. The molecule has 13 aromatic rings. The van der Waals surface area contributed by atoms with Gasteiger partial charge in [0.2, 0.25) is 0 Å². The number of rotatable bonds is 18. The van der Waals surface area contributed by atoms with E-state index in [2.05, 4.69) is 336 Å². The van der Waals surface area contributed by atoms with Crippen molar-refractivity contribution >= 4 is 67.7 Å². The number of anilines is 4. The molecule has 2 aliphatic heterocycles. The molecule has 3 nitrogen and oxygen atoms in total. The van der Waals surface area contributed by atoms with Crippen LogP contribution in [0.15, 0.2) is 273 Å². The maximum atomic E-state index is 2.78. The highest BCUT2D eigenvalue weighted by atomic mass is 15.2. The van der Waals surface area contributed by atoms with E-state index in [4.69, 9.17) is 0 Å². The highest BCUT2D eigenvalue weighted by Gasteiger charge is 2.44. The Morgan fingerprint density at radius 1 is 0.316 bits per heavy atom. The van der Waals surface area contributed by atoms with Crippen molar-refractivity contribution in [2.45, 2.75) is 124 Å². The molecule has 15 rings (SSSR count). The molecule has 0 saturated heterocycles. The van der Waals surface area contributed by atoms with Crippen molar-refractivity contribution in [2.24, 2.45) is 0 Å². The Bertz CT molecular complexity index is 4730. The lowest BCUT2D eigenvalue weighted by molar-refractivity contribution is 0.590. The number of nitrogens with zero attached hydrogens (tertiary/aromatic N) is 3. The van der Waals surface area contributed by atoms with Crippen molar-refractivity contribution < 1.29 is 0 Å². The smallest absolute Gasteiger partial charge is 0.252 e. The summed E-state index contributed by atoms with van der Waals surface area (Å²) in [7, 11) is 0. The molecular weight excluding hydrogens is 1150 g/mol. The first-order valence-corrected chi connectivity index (χ1v) is 34.9. The molecule has 0 N–H and O–H groups in total. The first kappa shape index (κ1) is 61.3. The van der Waals surface area contributed by atoms with Gasteiger partial charge in [-0.3, -0.25) is 0 Å². The maximum absolute atomic E-state index is 2.78. The molecule has 3 heterocycles. The van der Waals surface area contributed by atoms with Crippen LogP contribution < -0.4 is 26.2 Å². The summed E-state index contributed by atoms with van der Waals surface area (Å²) in [5.74, 6) is 0. The third-order valence-corrected chi connectivity index (χ3v) is 20.6. The van der Waals surface area contributed by atoms with Crippen LogP contribution in [0.1, 0.15) is 120 Å². The summed E-state index contributed by atoms with van der Waals surface area (Å²) < 4.78 is 2.61. The molecule has 0 saturated carbocycles. The predicted octanol–water partition coefficient (Wildman–Crippen LogP) is 22.5. The molecule has 0 bridgehead atoms. The average molecular weight is 1230 g/mol. The van der Waals surface area contributed by atoms with Crippen LogP contribution in [-0.2, 0) is 36.9 Å². The molecule has 0 spiro atoms. The van der Waals surface area contributed by atoms with Crippen molar-refractivity contribution in [3.63, 3.8) is 0 Å². The van der Waals surface area contributed by atoms with Gasteiger partial charge in [0.1, 0.15) is 0 Å². The molecule has 12 aromatic carbocycles. The summed E-state index contributed by atoms with van der Waals surface area (Å²) in [5, 5.41) is 2.64. The first-order chi connectivity index (χ1) is 46.4. The lowest BCUT2D eigenvalue weighted by Gasteiger charge is -2.45. The summed E-state index contributed by atoms with van der Waals surface area (Å²) in [5.41, 5.74) is 32.0. The Morgan fingerprint density at radius 3 is 1.21 bits per heavy atom. The SMILES string of the molecule is CCCCCCCCc1cc2c3c(c1)N(Cc1c(-c4ccccc4)cccc1-c1ccccc1)c1cc(Cn4c5ccc(C(C)(C)C)cc5c5cc(C(C)(C)C)ccc54)ccc1B3c1cc(-c3ccccc3)ccc1N2Cc1c(-c2ccccc2)cccc1-c1ccccc1. The van der Waals surface area contributed by atoms with Gasteiger partial charge in [-0.15, -0.1) is 0 Å². The van der Waals surface area contributed by atoms with Crippen molar-refractivity contribution in [3.05, 3.63) is 306 Å². The molecule has 95 heavy (non-hydrogen) atoms. The van der Waals surface area contributed by atoms with Gasteiger partial charge in [0.05, 0.1) is 0 Å². The maximum Gasteiger partial charge on any atom is 0.252 e. The van der Waals surface area contributed by atoms with E-state index in [1.807, 2.05) is 0 Å². The standard InChI is InChI=1S/C91H86BN3/c1-8-9-10-11-12-18-31-63-54-87-89-88(55-63)95(62-80-75(68-38-25-16-26-39-68)44-30-45-76(80)69-40-27-17-28-41-69)86-56-64(60-93-83-52-48-71(90(2,3)4)58-77(83)78-59-72(91(5,6)7)49-53-84(78)93)46-50-81(86)92(89)82-57-70(65-32-19-13-20-33-65)47-51-85(82)94(87)61-79-73(66-34-21-14-22-35-66)42-29-43-74(79)67-36-23-15-24-37-67/h13-17,19-30,32-59H,8-12,18,31,60-62H2,1-7H3. The molecule has 1 aromatic heterocycles. The molecule has 0 unspecified atom stereocenters. The van der Waals surface area contributed by atoms with E-state index in [0.29, 0.717) is 19.6 Å². The third-order valence-electron chi connectivity index (χ3n) is 20.6. The largest absolute Gasteiger partial charge is 0.338 e. The molecule has 0 amide bonds. The number of fused-ring (bicyclic) bond motifs is 7. The zero-order chi connectivity index (χ0) is 64.8. The number of aryl methyl sites for hydroxylation is 1. The molecule has 2 aliphatic rings.